The quantitative estimate of drug-likeness (QED) is 0.789. The lowest BCUT2D eigenvalue weighted by Crippen LogP contribution is -2.42. The number of ether oxygens (including phenoxy) is 1. The average molecular weight is 348 g/mol. The molecule has 0 saturated carbocycles. The highest BCUT2D eigenvalue weighted by molar-refractivity contribution is 5.52. The molecule has 4 atom stereocenters. The van der Waals surface area contributed by atoms with Gasteiger partial charge in [-0.05, 0) is 30.7 Å². The summed E-state index contributed by atoms with van der Waals surface area (Å²) in [4.78, 5) is 0. The zero-order chi connectivity index (χ0) is 18.1. The lowest BCUT2D eigenvalue weighted by Gasteiger charge is -2.36. The molecular weight excluding hydrogens is 328 g/mol. The molecule has 2 aliphatic rings. The maximum absolute atomic E-state index is 9.72. The second-order valence-corrected chi connectivity index (χ2v) is 6.56. The minimum absolute atomic E-state index is 0.0115. The van der Waals surface area contributed by atoms with Gasteiger partial charge in [0.25, 0.3) is 0 Å². The predicted molar refractivity (Wildman–Crippen MR) is 96.5 cm³/mol. The van der Waals surface area contributed by atoms with Crippen LogP contribution in [0.5, 0.6) is 0 Å². The first-order valence-corrected chi connectivity index (χ1v) is 8.53. The average Bonchev–Trinajstić information content (AvgIpc) is 3.30. The Kier molecular flexibility index (Phi) is 4.25. The summed E-state index contributed by atoms with van der Waals surface area (Å²) in [7, 11) is 0. The first kappa shape index (κ1) is 16.5. The van der Waals surface area contributed by atoms with Crippen LogP contribution >= 0.6 is 0 Å². The van der Waals surface area contributed by atoms with Crippen molar-refractivity contribution in [3.8, 4) is 6.07 Å². The van der Waals surface area contributed by atoms with E-state index >= 15 is 0 Å². The third kappa shape index (κ3) is 2.77. The lowest BCUT2D eigenvalue weighted by atomic mass is 9.74. The number of nitrogens with zero attached hydrogens (tertiary/aromatic N) is 1. The highest BCUT2D eigenvalue weighted by Crippen LogP contribution is 2.45. The Morgan fingerprint density at radius 2 is 2.00 bits per heavy atom. The van der Waals surface area contributed by atoms with Crippen molar-refractivity contribution < 1.29 is 9.15 Å². The van der Waals surface area contributed by atoms with Gasteiger partial charge in [-0.3, -0.25) is 0 Å². The number of nitrogens with one attached hydrogen (secondary N) is 2. The molecule has 4 rings (SSSR count). The molecule has 2 aliphatic heterocycles. The van der Waals surface area contributed by atoms with Crippen LogP contribution in [0.4, 0.5) is 0 Å². The number of benzene rings is 1. The fraction of sp³-hybridized carbons (Fsp3) is 0.250. The van der Waals surface area contributed by atoms with Gasteiger partial charge in [-0.2, -0.15) is 5.26 Å². The van der Waals surface area contributed by atoms with Crippen molar-refractivity contribution in [3.63, 3.8) is 0 Å². The Morgan fingerprint density at radius 1 is 1.19 bits per heavy atom. The number of allylic oxidation sites excluding steroid dienone is 2. The Balaban J connectivity index is 1.78. The monoisotopic (exact) mass is 348 g/mol. The molecule has 1 aromatic heterocycles. The van der Waals surface area contributed by atoms with Gasteiger partial charge in [0, 0.05) is 11.8 Å². The van der Waals surface area contributed by atoms with E-state index < -0.39 is 0 Å². The van der Waals surface area contributed by atoms with Gasteiger partial charge in [-0.15, -0.1) is 0 Å². The largest absolute Gasteiger partial charge is 0.465 e. The fourth-order valence-corrected chi connectivity index (χ4v) is 3.87. The van der Waals surface area contributed by atoms with Crippen LogP contribution in [-0.2, 0) is 4.74 Å². The summed E-state index contributed by atoms with van der Waals surface area (Å²) in [5.74, 6) is 0.715. The van der Waals surface area contributed by atoms with Gasteiger partial charge >= 0.3 is 0 Å². The van der Waals surface area contributed by atoms with Gasteiger partial charge in [0.05, 0.1) is 17.9 Å². The summed E-state index contributed by atoms with van der Waals surface area (Å²) in [6.07, 6.45) is 3.27. The van der Waals surface area contributed by atoms with Crippen LogP contribution in [0.2, 0.25) is 0 Å². The fourth-order valence-electron chi connectivity index (χ4n) is 3.87. The Morgan fingerprint density at radius 3 is 2.69 bits per heavy atom. The number of nitrogens with two attached hydrogens (primary N) is 1. The smallest absolute Gasteiger partial charge is 0.200 e. The van der Waals surface area contributed by atoms with E-state index in [1.807, 2.05) is 43.3 Å². The lowest BCUT2D eigenvalue weighted by molar-refractivity contribution is 0.0269. The summed E-state index contributed by atoms with van der Waals surface area (Å²) in [5, 5.41) is 9.72. The standard InChI is InChI=1S/C20H20N4O2/c1-12(10-14-8-5-9-25-14)16-15(11-21)19(22)26-20-17(16)18(23-24-20)13-6-3-2-4-7-13/h2-10,16-18,20,23-24H,22H2,1H3/b12-10+. The summed E-state index contributed by atoms with van der Waals surface area (Å²) >= 11 is 0. The zero-order valence-electron chi connectivity index (χ0n) is 14.3. The molecular formula is C20H20N4O2. The van der Waals surface area contributed by atoms with Gasteiger partial charge < -0.3 is 14.9 Å². The molecule has 132 valence electrons. The summed E-state index contributed by atoms with van der Waals surface area (Å²) < 4.78 is 11.2. The predicted octanol–water partition coefficient (Wildman–Crippen LogP) is 2.81. The molecule has 0 aliphatic carbocycles. The van der Waals surface area contributed by atoms with Gasteiger partial charge in [-0.25, -0.2) is 10.9 Å². The molecule has 26 heavy (non-hydrogen) atoms. The molecule has 4 N–H and O–H groups in total. The molecule has 0 radical (unpaired) electrons. The maximum Gasteiger partial charge on any atom is 0.200 e. The number of fused-ring (bicyclic) bond motifs is 1. The first-order chi connectivity index (χ1) is 12.7. The third-order valence-electron chi connectivity index (χ3n) is 5.01. The van der Waals surface area contributed by atoms with E-state index in [1.54, 1.807) is 6.26 Å². The zero-order valence-corrected chi connectivity index (χ0v) is 14.3. The third-order valence-corrected chi connectivity index (χ3v) is 5.01. The highest BCUT2D eigenvalue weighted by atomic mass is 16.5. The van der Waals surface area contributed by atoms with E-state index in [2.05, 4.69) is 29.1 Å². The molecule has 3 heterocycles. The van der Waals surface area contributed by atoms with Crippen LogP contribution in [0.3, 0.4) is 0 Å². The summed E-state index contributed by atoms with van der Waals surface area (Å²) in [6.45, 7) is 2.00. The number of hydrazine groups is 1. The van der Waals surface area contributed by atoms with E-state index in [9.17, 15) is 5.26 Å². The van der Waals surface area contributed by atoms with E-state index in [1.165, 1.54) is 0 Å². The Bertz CT molecular complexity index is 880. The molecule has 0 spiro atoms. The second kappa shape index (κ2) is 6.71. The number of furan rings is 1. The van der Waals surface area contributed by atoms with Gasteiger partial charge in [0.1, 0.15) is 11.8 Å². The van der Waals surface area contributed by atoms with Crippen molar-refractivity contribution in [1.29, 1.82) is 5.26 Å². The second-order valence-electron chi connectivity index (χ2n) is 6.56. The molecule has 1 fully saturated rings. The summed E-state index contributed by atoms with van der Waals surface area (Å²) in [5.41, 5.74) is 15.1. The molecule has 6 heteroatoms. The number of rotatable bonds is 3. The van der Waals surface area contributed by atoms with Crippen molar-refractivity contribution in [1.82, 2.24) is 10.9 Å². The van der Waals surface area contributed by atoms with Crippen LogP contribution in [-0.4, -0.2) is 6.23 Å². The molecule has 0 bridgehead atoms. The van der Waals surface area contributed by atoms with Crippen molar-refractivity contribution in [2.24, 2.45) is 17.6 Å². The van der Waals surface area contributed by atoms with Crippen molar-refractivity contribution in [2.75, 3.05) is 0 Å². The highest BCUT2D eigenvalue weighted by Gasteiger charge is 2.49. The van der Waals surface area contributed by atoms with Crippen LogP contribution < -0.4 is 16.6 Å². The van der Waals surface area contributed by atoms with E-state index in [0.29, 0.717) is 5.57 Å². The van der Waals surface area contributed by atoms with E-state index in [0.717, 1.165) is 16.9 Å². The van der Waals surface area contributed by atoms with E-state index in [-0.39, 0.29) is 30.0 Å². The topological polar surface area (TPSA) is 96.2 Å². The number of hydrogen-bond donors (Lipinski definition) is 3. The SMILES string of the molecule is C/C(=C\c1ccco1)C1C(C#N)=C(N)OC2NNC(c3ccccc3)C21. The van der Waals surface area contributed by atoms with Gasteiger partial charge in [-0.1, -0.05) is 35.9 Å². The maximum atomic E-state index is 9.72. The number of nitriles is 1. The van der Waals surface area contributed by atoms with Crippen molar-refractivity contribution >= 4 is 6.08 Å². The molecule has 2 aromatic rings. The Hall–Kier alpha value is -3.01. The molecule has 0 amide bonds. The first-order valence-electron chi connectivity index (χ1n) is 8.53. The van der Waals surface area contributed by atoms with Crippen LogP contribution in [0.25, 0.3) is 6.08 Å². The molecule has 1 saturated heterocycles. The van der Waals surface area contributed by atoms with Crippen LogP contribution in [0.1, 0.15) is 24.3 Å². The minimum Gasteiger partial charge on any atom is -0.465 e. The van der Waals surface area contributed by atoms with Crippen molar-refractivity contribution in [3.05, 3.63) is 77.1 Å². The van der Waals surface area contributed by atoms with Crippen LogP contribution in [0.15, 0.2) is 70.2 Å². The molecule has 1 aromatic carbocycles. The van der Waals surface area contributed by atoms with Gasteiger partial charge in [0.2, 0.25) is 5.88 Å². The minimum atomic E-state index is -0.317. The van der Waals surface area contributed by atoms with Crippen LogP contribution in [0, 0.1) is 23.2 Å². The number of hydrogen-bond acceptors (Lipinski definition) is 6. The normalized spacial score (nSPS) is 28.4. The molecule has 4 unspecified atom stereocenters. The van der Waals surface area contributed by atoms with E-state index in [4.69, 9.17) is 14.9 Å². The Labute approximate surface area is 151 Å². The molecule has 6 nitrogen and oxygen atoms in total. The summed E-state index contributed by atoms with van der Waals surface area (Å²) in [6, 6.07) is 16.1. The van der Waals surface area contributed by atoms with Gasteiger partial charge in [0.15, 0.2) is 6.23 Å². The van der Waals surface area contributed by atoms with Crippen molar-refractivity contribution in [2.45, 2.75) is 19.2 Å².